The Balaban J connectivity index is 1.98. The Kier molecular flexibility index (Phi) is 3.92. The minimum Gasteiger partial charge on any atom is -0.463 e. The third-order valence-electron chi connectivity index (χ3n) is 1.99. The smallest absolute Gasteiger partial charge is 0.271 e. The molecule has 2 rings (SSSR count). The van der Waals surface area contributed by atoms with Gasteiger partial charge >= 0.3 is 0 Å². The Bertz CT molecular complexity index is 535. The fourth-order valence-electron chi connectivity index (χ4n) is 1.21. The maximum absolute atomic E-state index is 11.7. The van der Waals surface area contributed by atoms with Gasteiger partial charge in [0.25, 0.3) is 5.91 Å². The van der Waals surface area contributed by atoms with Crippen LogP contribution in [0.2, 0.25) is 0 Å². The highest BCUT2D eigenvalue weighted by atomic mass is 127. The van der Waals surface area contributed by atoms with Crippen LogP contribution in [-0.2, 0) is 0 Å². The van der Waals surface area contributed by atoms with E-state index in [2.05, 4.69) is 33.1 Å². The van der Waals surface area contributed by atoms with Crippen LogP contribution in [0.5, 0.6) is 0 Å². The van der Waals surface area contributed by atoms with Gasteiger partial charge in [0.1, 0.15) is 5.76 Å². The second kappa shape index (κ2) is 5.62. The molecule has 0 bridgehead atoms. The van der Waals surface area contributed by atoms with E-state index in [-0.39, 0.29) is 5.91 Å². The molecule has 17 heavy (non-hydrogen) atoms. The van der Waals surface area contributed by atoms with Gasteiger partial charge in [-0.15, -0.1) is 0 Å². The molecule has 0 saturated carbocycles. The number of amides is 1. The zero-order valence-electron chi connectivity index (χ0n) is 8.76. The topological polar surface area (TPSA) is 54.6 Å². The molecule has 0 atom stereocenters. The number of hydrogen-bond acceptors (Lipinski definition) is 3. The van der Waals surface area contributed by atoms with Gasteiger partial charge in [0, 0.05) is 9.13 Å². The Morgan fingerprint density at radius 3 is 2.94 bits per heavy atom. The number of hydrazone groups is 1. The lowest BCUT2D eigenvalue weighted by molar-refractivity contribution is 0.0955. The van der Waals surface area contributed by atoms with Crippen molar-refractivity contribution in [1.82, 2.24) is 5.43 Å². The molecule has 5 heteroatoms. The Morgan fingerprint density at radius 1 is 1.35 bits per heavy atom. The van der Waals surface area contributed by atoms with Crippen LogP contribution in [0, 0.1) is 3.57 Å². The molecule has 0 saturated heterocycles. The maximum atomic E-state index is 11.7. The van der Waals surface area contributed by atoms with Crippen molar-refractivity contribution in [3.05, 3.63) is 57.6 Å². The van der Waals surface area contributed by atoms with Gasteiger partial charge in [-0.25, -0.2) is 5.43 Å². The van der Waals surface area contributed by atoms with Crippen LogP contribution in [0.1, 0.15) is 16.1 Å². The predicted molar refractivity (Wildman–Crippen MR) is 72.9 cm³/mol. The number of carbonyl (C=O) groups is 1. The summed E-state index contributed by atoms with van der Waals surface area (Å²) in [6.45, 7) is 0. The molecule has 1 aromatic carbocycles. The number of hydrogen-bond donors (Lipinski definition) is 1. The lowest BCUT2D eigenvalue weighted by atomic mass is 10.2. The summed E-state index contributed by atoms with van der Waals surface area (Å²) in [7, 11) is 0. The summed E-state index contributed by atoms with van der Waals surface area (Å²) in [5.74, 6) is 0.347. The van der Waals surface area contributed by atoms with Crippen LogP contribution in [0.3, 0.4) is 0 Å². The lowest BCUT2D eigenvalue weighted by Crippen LogP contribution is -2.17. The van der Waals surface area contributed by atoms with Crippen LogP contribution in [0.4, 0.5) is 0 Å². The Hall–Kier alpha value is -1.63. The average molecular weight is 340 g/mol. The number of rotatable bonds is 3. The molecule has 1 N–H and O–H groups in total. The zero-order chi connectivity index (χ0) is 12.1. The summed E-state index contributed by atoms with van der Waals surface area (Å²) in [4.78, 5) is 11.7. The Labute approximate surface area is 112 Å². The summed E-state index contributed by atoms with van der Waals surface area (Å²) in [5.41, 5.74) is 3.01. The summed E-state index contributed by atoms with van der Waals surface area (Å²) >= 11 is 2.15. The molecule has 1 amide bonds. The Morgan fingerprint density at radius 2 is 2.24 bits per heavy atom. The average Bonchev–Trinajstić information content (AvgIpc) is 2.82. The van der Waals surface area contributed by atoms with Gasteiger partial charge in [-0.3, -0.25) is 4.79 Å². The van der Waals surface area contributed by atoms with Gasteiger partial charge < -0.3 is 4.42 Å². The third-order valence-corrected chi connectivity index (χ3v) is 2.66. The van der Waals surface area contributed by atoms with Gasteiger partial charge in [-0.2, -0.15) is 5.10 Å². The highest BCUT2D eigenvalue weighted by Gasteiger charge is 2.03. The zero-order valence-corrected chi connectivity index (χ0v) is 10.9. The molecule has 0 fully saturated rings. The first-order valence-electron chi connectivity index (χ1n) is 4.88. The monoisotopic (exact) mass is 340 g/mol. The van der Waals surface area contributed by atoms with Crippen LogP contribution in [0.25, 0.3) is 0 Å². The highest BCUT2D eigenvalue weighted by molar-refractivity contribution is 14.1. The number of nitrogens with zero attached hydrogens (tertiary/aromatic N) is 1. The molecule has 2 aromatic rings. The van der Waals surface area contributed by atoms with Crippen LogP contribution >= 0.6 is 22.6 Å². The molecular weight excluding hydrogens is 331 g/mol. The molecular formula is C12H9IN2O2. The van der Waals surface area contributed by atoms with Crippen molar-refractivity contribution in [2.24, 2.45) is 5.10 Å². The quantitative estimate of drug-likeness (QED) is 0.531. The van der Waals surface area contributed by atoms with Gasteiger partial charge in [0.2, 0.25) is 0 Å². The van der Waals surface area contributed by atoms with E-state index in [4.69, 9.17) is 4.42 Å². The summed E-state index contributed by atoms with van der Waals surface area (Å²) in [5, 5.41) is 3.80. The molecule has 0 spiro atoms. The van der Waals surface area contributed by atoms with E-state index in [1.54, 1.807) is 30.5 Å². The number of nitrogens with one attached hydrogen (secondary N) is 1. The van der Waals surface area contributed by atoms with Crippen molar-refractivity contribution in [3.63, 3.8) is 0 Å². The third kappa shape index (κ3) is 3.42. The van der Waals surface area contributed by atoms with E-state index in [1.165, 1.54) is 6.21 Å². The van der Waals surface area contributed by atoms with Crippen molar-refractivity contribution in [2.45, 2.75) is 0 Å². The second-order valence-electron chi connectivity index (χ2n) is 3.22. The van der Waals surface area contributed by atoms with Crippen molar-refractivity contribution in [2.75, 3.05) is 0 Å². The first kappa shape index (κ1) is 11.8. The maximum Gasteiger partial charge on any atom is 0.271 e. The fourth-order valence-corrected chi connectivity index (χ4v) is 1.76. The lowest BCUT2D eigenvalue weighted by Gasteiger charge is -1.99. The summed E-state index contributed by atoms with van der Waals surface area (Å²) in [6, 6.07) is 10.8. The molecule has 0 radical (unpaired) electrons. The van der Waals surface area contributed by atoms with Gasteiger partial charge in [-0.05, 0) is 52.9 Å². The molecule has 86 valence electrons. The normalized spacial score (nSPS) is 10.6. The largest absolute Gasteiger partial charge is 0.463 e. The van der Waals surface area contributed by atoms with E-state index in [9.17, 15) is 4.79 Å². The van der Waals surface area contributed by atoms with E-state index < -0.39 is 0 Å². The molecule has 1 aromatic heterocycles. The minimum absolute atomic E-state index is 0.244. The SMILES string of the molecule is O=C(NN=Cc1ccco1)c1cccc(I)c1. The van der Waals surface area contributed by atoms with Crippen molar-refractivity contribution in [1.29, 1.82) is 0 Å². The standard InChI is InChI=1S/C12H9IN2O2/c13-10-4-1-3-9(7-10)12(16)15-14-8-11-5-2-6-17-11/h1-8H,(H,15,16). The van der Waals surface area contributed by atoms with E-state index in [1.807, 2.05) is 12.1 Å². The fraction of sp³-hybridized carbons (Fsp3) is 0. The predicted octanol–water partition coefficient (Wildman–Crippen LogP) is 2.65. The minimum atomic E-state index is -0.244. The van der Waals surface area contributed by atoms with Crippen molar-refractivity contribution in [3.8, 4) is 0 Å². The van der Waals surface area contributed by atoms with Crippen LogP contribution in [-0.4, -0.2) is 12.1 Å². The molecule has 4 nitrogen and oxygen atoms in total. The number of halogens is 1. The molecule has 0 aliphatic heterocycles. The molecule has 0 unspecified atom stereocenters. The number of benzene rings is 1. The number of carbonyl (C=O) groups excluding carboxylic acids is 1. The first-order valence-corrected chi connectivity index (χ1v) is 5.96. The molecule has 0 aliphatic carbocycles. The van der Waals surface area contributed by atoms with E-state index in [0.29, 0.717) is 11.3 Å². The van der Waals surface area contributed by atoms with Gasteiger partial charge in [0.05, 0.1) is 12.5 Å². The summed E-state index contributed by atoms with van der Waals surface area (Å²) < 4.78 is 6.04. The van der Waals surface area contributed by atoms with E-state index in [0.717, 1.165) is 3.57 Å². The van der Waals surface area contributed by atoms with Crippen LogP contribution < -0.4 is 5.43 Å². The highest BCUT2D eigenvalue weighted by Crippen LogP contribution is 2.07. The number of furan rings is 1. The van der Waals surface area contributed by atoms with Gasteiger partial charge in [0.15, 0.2) is 0 Å². The second-order valence-corrected chi connectivity index (χ2v) is 4.47. The van der Waals surface area contributed by atoms with Crippen LogP contribution in [0.15, 0.2) is 52.2 Å². The first-order chi connectivity index (χ1) is 8.25. The van der Waals surface area contributed by atoms with Crippen molar-refractivity contribution >= 4 is 34.7 Å². The van der Waals surface area contributed by atoms with E-state index >= 15 is 0 Å². The molecule has 1 heterocycles. The van der Waals surface area contributed by atoms with Crippen molar-refractivity contribution < 1.29 is 9.21 Å². The molecule has 0 aliphatic rings. The summed E-state index contributed by atoms with van der Waals surface area (Å²) in [6.07, 6.45) is 2.99. The van der Waals surface area contributed by atoms with Gasteiger partial charge in [-0.1, -0.05) is 6.07 Å².